The van der Waals surface area contributed by atoms with E-state index in [9.17, 15) is 0 Å². The second-order valence-electron chi connectivity index (χ2n) is 4.63. The fourth-order valence-corrected chi connectivity index (χ4v) is 1.75. The molecule has 0 atom stereocenters. The molecule has 0 saturated heterocycles. The Morgan fingerprint density at radius 2 is 1.43 bits per heavy atom. The molecule has 0 radical (unpaired) electrons. The molecule has 0 heterocycles. The highest BCUT2D eigenvalue weighted by molar-refractivity contribution is 5.53. The maximum absolute atomic E-state index is 5.82. The van der Waals surface area contributed by atoms with Crippen LogP contribution in [0.5, 0.6) is 17.2 Å². The largest absolute Gasteiger partial charge is 0.488 e. The van der Waals surface area contributed by atoms with Crippen molar-refractivity contribution in [3.8, 4) is 17.2 Å². The Bertz CT molecular complexity index is 413. The summed E-state index contributed by atoms with van der Waals surface area (Å²) in [6.07, 6.45) is 0. The van der Waals surface area contributed by atoms with Gasteiger partial charge in [0, 0.05) is 19.6 Å². The predicted octanol–water partition coefficient (Wildman–Crippen LogP) is 0.529. The molecule has 0 aromatic heterocycles. The highest BCUT2D eigenvalue weighted by Crippen LogP contribution is 2.38. The van der Waals surface area contributed by atoms with E-state index in [1.54, 1.807) is 0 Å². The number of nitrogens with two attached hydrogens (primary N) is 1. The molecule has 120 valence electrons. The van der Waals surface area contributed by atoms with E-state index in [4.69, 9.17) is 19.9 Å². The third kappa shape index (κ3) is 6.20. The second kappa shape index (κ2) is 10.3. The van der Waals surface area contributed by atoms with Gasteiger partial charge in [0.05, 0.1) is 0 Å². The number of rotatable bonds is 11. The first-order valence-corrected chi connectivity index (χ1v) is 7.25. The van der Waals surface area contributed by atoms with Crippen LogP contribution in [0, 0.1) is 6.92 Å². The zero-order valence-corrected chi connectivity index (χ0v) is 13.2. The van der Waals surface area contributed by atoms with Gasteiger partial charge in [-0.1, -0.05) is 0 Å². The van der Waals surface area contributed by atoms with Crippen molar-refractivity contribution in [3.63, 3.8) is 0 Å². The SMILES string of the molecule is CNCCOc1cc(C)cc(OCCN)c1OCCNC. The summed E-state index contributed by atoms with van der Waals surface area (Å²) < 4.78 is 17.3. The van der Waals surface area contributed by atoms with Crippen LogP contribution >= 0.6 is 0 Å². The van der Waals surface area contributed by atoms with Crippen molar-refractivity contribution in [1.82, 2.24) is 10.6 Å². The molecule has 0 spiro atoms. The zero-order valence-electron chi connectivity index (χ0n) is 13.2. The van der Waals surface area contributed by atoms with Gasteiger partial charge in [-0.25, -0.2) is 0 Å². The van der Waals surface area contributed by atoms with Gasteiger partial charge in [-0.15, -0.1) is 0 Å². The Labute approximate surface area is 126 Å². The highest BCUT2D eigenvalue weighted by atomic mass is 16.5. The molecule has 0 unspecified atom stereocenters. The second-order valence-corrected chi connectivity index (χ2v) is 4.63. The zero-order chi connectivity index (χ0) is 15.5. The lowest BCUT2D eigenvalue weighted by molar-refractivity contribution is 0.246. The van der Waals surface area contributed by atoms with Gasteiger partial charge >= 0.3 is 0 Å². The van der Waals surface area contributed by atoms with E-state index < -0.39 is 0 Å². The minimum absolute atomic E-state index is 0.446. The molecule has 0 aliphatic rings. The van der Waals surface area contributed by atoms with E-state index >= 15 is 0 Å². The van der Waals surface area contributed by atoms with Gasteiger partial charge in [0.1, 0.15) is 19.8 Å². The van der Waals surface area contributed by atoms with Gasteiger partial charge in [0.15, 0.2) is 11.5 Å². The topological polar surface area (TPSA) is 77.8 Å². The lowest BCUT2D eigenvalue weighted by atomic mass is 10.2. The van der Waals surface area contributed by atoms with Crippen molar-refractivity contribution >= 4 is 0 Å². The number of benzene rings is 1. The highest BCUT2D eigenvalue weighted by Gasteiger charge is 2.14. The first-order chi connectivity index (χ1) is 10.2. The fourth-order valence-electron chi connectivity index (χ4n) is 1.75. The van der Waals surface area contributed by atoms with Crippen LogP contribution in [0.3, 0.4) is 0 Å². The molecule has 1 rings (SSSR count). The molecule has 6 nitrogen and oxygen atoms in total. The number of hydrogen-bond donors (Lipinski definition) is 3. The van der Waals surface area contributed by atoms with Crippen LogP contribution in [0.25, 0.3) is 0 Å². The molecule has 21 heavy (non-hydrogen) atoms. The maximum atomic E-state index is 5.82. The molecule has 0 fully saturated rings. The minimum atomic E-state index is 0.446. The predicted molar refractivity (Wildman–Crippen MR) is 84.6 cm³/mol. The number of likely N-dealkylation sites (N-methyl/N-ethyl adjacent to an activating group) is 2. The Kier molecular flexibility index (Phi) is 8.57. The van der Waals surface area contributed by atoms with Crippen LogP contribution in [-0.2, 0) is 0 Å². The first kappa shape index (κ1) is 17.6. The third-order valence-electron chi connectivity index (χ3n) is 2.75. The molecular formula is C15H27N3O3. The molecule has 0 aliphatic heterocycles. The quantitative estimate of drug-likeness (QED) is 0.517. The molecule has 1 aromatic rings. The number of nitrogens with one attached hydrogen (secondary N) is 2. The van der Waals surface area contributed by atoms with E-state index in [0.29, 0.717) is 43.6 Å². The number of aryl methyl sites for hydroxylation is 1. The van der Waals surface area contributed by atoms with Gasteiger partial charge in [0.2, 0.25) is 5.75 Å². The average molecular weight is 297 g/mol. The first-order valence-electron chi connectivity index (χ1n) is 7.25. The molecular weight excluding hydrogens is 270 g/mol. The van der Waals surface area contributed by atoms with E-state index in [1.165, 1.54) is 0 Å². The van der Waals surface area contributed by atoms with Gasteiger partial charge in [-0.3, -0.25) is 0 Å². The molecule has 0 bridgehead atoms. The lowest BCUT2D eigenvalue weighted by Gasteiger charge is -2.17. The number of ether oxygens (including phenoxy) is 3. The van der Waals surface area contributed by atoms with Crippen molar-refractivity contribution in [2.75, 3.05) is 53.6 Å². The lowest BCUT2D eigenvalue weighted by Crippen LogP contribution is -2.19. The average Bonchev–Trinajstić information content (AvgIpc) is 2.47. The van der Waals surface area contributed by atoms with Crippen LogP contribution < -0.4 is 30.6 Å². The summed E-state index contributed by atoms with van der Waals surface area (Å²) in [5.74, 6) is 2.02. The Morgan fingerprint density at radius 1 is 0.905 bits per heavy atom. The number of hydrogen-bond acceptors (Lipinski definition) is 6. The van der Waals surface area contributed by atoms with Crippen LogP contribution in [0.1, 0.15) is 5.56 Å². The summed E-state index contributed by atoms with van der Waals surface area (Å²) in [6.45, 7) is 5.53. The molecule has 0 aliphatic carbocycles. The Morgan fingerprint density at radius 3 is 1.95 bits per heavy atom. The summed E-state index contributed by atoms with van der Waals surface area (Å²) in [7, 11) is 3.77. The summed E-state index contributed by atoms with van der Waals surface area (Å²) >= 11 is 0. The molecule has 4 N–H and O–H groups in total. The van der Waals surface area contributed by atoms with Crippen molar-refractivity contribution in [1.29, 1.82) is 0 Å². The van der Waals surface area contributed by atoms with Crippen molar-refractivity contribution in [3.05, 3.63) is 17.7 Å². The van der Waals surface area contributed by atoms with Gasteiger partial charge in [0.25, 0.3) is 0 Å². The summed E-state index contributed by atoms with van der Waals surface area (Å²) in [6, 6.07) is 3.90. The van der Waals surface area contributed by atoms with Crippen LogP contribution in [0.2, 0.25) is 0 Å². The monoisotopic (exact) mass is 297 g/mol. The Hall–Kier alpha value is -1.50. The fraction of sp³-hybridized carbons (Fsp3) is 0.600. The van der Waals surface area contributed by atoms with Crippen molar-refractivity contribution < 1.29 is 14.2 Å². The van der Waals surface area contributed by atoms with Crippen molar-refractivity contribution in [2.24, 2.45) is 5.73 Å². The van der Waals surface area contributed by atoms with E-state index in [0.717, 1.165) is 18.7 Å². The van der Waals surface area contributed by atoms with Crippen LogP contribution in [0.4, 0.5) is 0 Å². The van der Waals surface area contributed by atoms with Gasteiger partial charge in [-0.2, -0.15) is 0 Å². The van der Waals surface area contributed by atoms with Crippen molar-refractivity contribution in [2.45, 2.75) is 6.92 Å². The summed E-state index contributed by atoms with van der Waals surface area (Å²) in [5.41, 5.74) is 6.56. The molecule has 0 saturated carbocycles. The third-order valence-corrected chi connectivity index (χ3v) is 2.75. The molecule has 6 heteroatoms. The van der Waals surface area contributed by atoms with Gasteiger partial charge in [-0.05, 0) is 38.7 Å². The normalized spacial score (nSPS) is 10.5. The van der Waals surface area contributed by atoms with Crippen LogP contribution in [-0.4, -0.2) is 53.6 Å². The van der Waals surface area contributed by atoms with E-state index in [2.05, 4.69) is 10.6 Å². The van der Waals surface area contributed by atoms with E-state index in [1.807, 2.05) is 33.2 Å². The smallest absolute Gasteiger partial charge is 0.203 e. The van der Waals surface area contributed by atoms with Gasteiger partial charge < -0.3 is 30.6 Å². The maximum Gasteiger partial charge on any atom is 0.203 e. The molecule has 1 aromatic carbocycles. The minimum Gasteiger partial charge on any atom is -0.488 e. The summed E-state index contributed by atoms with van der Waals surface area (Å²) in [4.78, 5) is 0. The summed E-state index contributed by atoms with van der Waals surface area (Å²) in [5, 5.41) is 6.10. The molecule has 0 amide bonds. The van der Waals surface area contributed by atoms with Crippen LogP contribution in [0.15, 0.2) is 12.1 Å². The van der Waals surface area contributed by atoms with E-state index in [-0.39, 0.29) is 0 Å². The standard InChI is InChI=1S/C15H27N3O3/c1-12-10-13(19-7-4-16)15(21-9-6-18-3)14(11-12)20-8-5-17-2/h10-11,17-18H,4-9,16H2,1-3H3. The Balaban J connectivity index is 2.91.